The molecule has 13 heteroatoms. The molecule has 1 aliphatic heterocycles. The number of ether oxygens (including phenoxy) is 1. The Labute approximate surface area is 258 Å². The summed E-state index contributed by atoms with van der Waals surface area (Å²) in [5.41, 5.74) is 0.956. The maximum Gasteiger partial charge on any atom is 0.337 e. The monoisotopic (exact) mass is 965 g/mol. The molecule has 5 nitrogen and oxygen atoms in total. The number of carboxylic acids is 1. The number of carbonyl (C=O) groups is 2. The molecule has 2 aliphatic rings. The Bertz CT molecular complexity index is 1360. The van der Waals surface area contributed by atoms with Gasteiger partial charge in [-0.3, -0.25) is 4.79 Å². The second-order valence-electron chi connectivity index (χ2n) is 6.92. The molecule has 33 heavy (non-hydrogen) atoms. The summed E-state index contributed by atoms with van der Waals surface area (Å²) in [6.45, 7) is 0. The highest BCUT2D eigenvalue weighted by molar-refractivity contribution is 14.1. The molecule has 0 aromatic heterocycles. The molecule has 0 saturated carbocycles. The molecule has 0 spiro atoms. The van der Waals surface area contributed by atoms with Crippen LogP contribution in [0.4, 0.5) is 0 Å². The molecule has 0 fully saturated rings. The molecule has 1 aliphatic carbocycles. The first-order valence-electron chi connectivity index (χ1n) is 8.67. The number of aromatic hydroxyl groups is 1. The van der Waals surface area contributed by atoms with Crippen LogP contribution in [0.15, 0.2) is 44.4 Å². The van der Waals surface area contributed by atoms with Crippen LogP contribution in [0, 0.1) is 9.49 Å². The van der Waals surface area contributed by atoms with Crippen LogP contribution in [0.1, 0.15) is 27.4 Å². The predicted molar refractivity (Wildman–Crippen MR) is 156 cm³/mol. The molecule has 2 unspecified atom stereocenters. The lowest BCUT2D eigenvalue weighted by molar-refractivity contribution is -0.111. The fourth-order valence-electron chi connectivity index (χ4n) is 3.77. The van der Waals surface area contributed by atoms with E-state index in [0.29, 0.717) is 44.1 Å². The number of halogens is 8. The molecule has 0 saturated heterocycles. The zero-order chi connectivity index (χ0) is 24.5. The second kappa shape index (κ2) is 9.82. The summed E-state index contributed by atoms with van der Waals surface area (Å²) in [6, 6.07) is 1.54. The Morgan fingerprint density at radius 2 is 1.67 bits per heavy atom. The van der Waals surface area contributed by atoms with Crippen LogP contribution in [-0.2, 0) is 4.79 Å². The number of aromatic carboxylic acids is 1. The Morgan fingerprint density at radius 3 is 2.27 bits per heavy atom. The van der Waals surface area contributed by atoms with Gasteiger partial charge >= 0.3 is 5.97 Å². The molecule has 0 radical (unpaired) electrons. The zero-order valence-electron chi connectivity index (χ0n) is 15.5. The standard InChI is InChI=1S/C20H6Br4Cl2I2O5/c21-10-8(9(20(31)32)11(22)13(24)12(10)23)7-3-1-5(25)16(29)14(27)18(3)33-19-4(7)2-6(26)17(30)15(19)28/h1-3,7,30H,(H,31,32). The molecule has 1 heterocycles. The van der Waals surface area contributed by atoms with Gasteiger partial charge in [0.05, 0.1) is 19.2 Å². The quantitative estimate of drug-likeness (QED) is 0.179. The van der Waals surface area contributed by atoms with Gasteiger partial charge in [0.15, 0.2) is 5.75 Å². The molecule has 2 aromatic rings. The van der Waals surface area contributed by atoms with Crippen LogP contribution in [0.5, 0.6) is 11.5 Å². The van der Waals surface area contributed by atoms with E-state index < -0.39 is 23.6 Å². The first kappa shape index (κ1) is 26.7. The summed E-state index contributed by atoms with van der Waals surface area (Å²) in [6.07, 6.45) is 1.56. The molecule has 2 N–H and O–H groups in total. The highest BCUT2D eigenvalue weighted by Gasteiger charge is 2.45. The van der Waals surface area contributed by atoms with Crippen molar-refractivity contribution in [2.45, 2.75) is 5.92 Å². The second-order valence-corrected chi connectivity index (χ2v) is 13.1. The zero-order valence-corrected chi connectivity index (χ0v) is 27.6. The van der Waals surface area contributed by atoms with E-state index in [4.69, 9.17) is 27.9 Å². The van der Waals surface area contributed by atoms with E-state index in [1.807, 2.05) is 45.2 Å². The summed E-state index contributed by atoms with van der Waals surface area (Å²) >= 11 is 30.2. The average Bonchev–Trinajstić information content (AvgIpc) is 2.76. The number of phenols is 1. The van der Waals surface area contributed by atoms with Gasteiger partial charge in [-0.2, -0.15) is 0 Å². The van der Waals surface area contributed by atoms with E-state index in [0.717, 1.165) is 0 Å². The van der Waals surface area contributed by atoms with Crippen molar-refractivity contribution >= 4 is 144 Å². The van der Waals surface area contributed by atoms with Gasteiger partial charge in [0.2, 0.25) is 5.78 Å². The number of fused-ring (bicyclic) bond motifs is 2. The SMILES string of the molecule is O=C1C(Cl)=CC2C(=C1I)Oc1c(cc(Cl)c(O)c1I)C2c1c(Br)c(Br)c(Br)c(Br)c1C(=O)O. The third-order valence-electron chi connectivity index (χ3n) is 5.17. The minimum atomic E-state index is -1.17. The highest BCUT2D eigenvalue weighted by atomic mass is 127. The van der Waals surface area contributed by atoms with Crippen molar-refractivity contribution in [3.63, 3.8) is 0 Å². The Hall–Kier alpha value is 0.620. The topological polar surface area (TPSA) is 83.8 Å². The van der Waals surface area contributed by atoms with Crippen LogP contribution in [0.2, 0.25) is 5.02 Å². The number of carboxylic acid groups (broad SMARTS) is 1. The maximum absolute atomic E-state index is 12.6. The number of allylic oxidation sites excluding steroid dienone is 3. The van der Waals surface area contributed by atoms with Crippen LogP contribution >= 0.6 is 132 Å². The van der Waals surface area contributed by atoms with Gasteiger partial charge in [0.1, 0.15) is 15.1 Å². The van der Waals surface area contributed by atoms with Crippen LogP contribution in [0.25, 0.3) is 0 Å². The van der Waals surface area contributed by atoms with Crippen molar-refractivity contribution < 1.29 is 24.5 Å². The Balaban J connectivity index is 2.19. The molecule has 0 amide bonds. The van der Waals surface area contributed by atoms with Gasteiger partial charge in [-0.05, 0) is 121 Å². The fourth-order valence-corrected chi connectivity index (χ4v) is 8.56. The summed E-state index contributed by atoms with van der Waals surface area (Å²) in [5.74, 6) is -2.41. The average molecular weight is 971 g/mol. The molecule has 172 valence electrons. The highest BCUT2D eigenvalue weighted by Crippen LogP contribution is 2.57. The number of hydrogen-bond donors (Lipinski definition) is 2. The lowest BCUT2D eigenvalue weighted by atomic mass is 9.74. The largest absolute Gasteiger partial charge is 0.505 e. The van der Waals surface area contributed by atoms with Crippen molar-refractivity contribution in [3.8, 4) is 11.5 Å². The normalized spacial score (nSPS) is 19.6. The maximum atomic E-state index is 12.6. The van der Waals surface area contributed by atoms with Gasteiger partial charge < -0.3 is 14.9 Å². The Morgan fingerprint density at radius 1 is 1.06 bits per heavy atom. The fraction of sp³-hybridized carbons (Fsp3) is 0.100. The molecular weight excluding hydrogens is 965 g/mol. The van der Waals surface area contributed by atoms with Crippen molar-refractivity contribution in [2.24, 2.45) is 5.92 Å². The summed E-state index contributed by atoms with van der Waals surface area (Å²) in [7, 11) is 0. The third kappa shape index (κ3) is 4.27. The van der Waals surface area contributed by atoms with E-state index in [1.54, 1.807) is 12.1 Å². The van der Waals surface area contributed by atoms with Crippen molar-refractivity contribution in [1.82, 2.24) is 0 Å². The summed E-state index contributed by atoms with van der Waals surface area (Å²) in [4.78, 5) is 25.0. The van der Waals surface area contributed by atoms with Gasteiger partial charge in [0, 0.05) is 35.3 Å². The molecular formula is C20H6Br4Cl2I2O5. The van der Waals surface area contributed by atoms with E-state index in [2.05, 4.69) is 63.7 Å². The first-order valence-corrected chi connectivity index (χ1v) is 14.8. The number of rotatable bonds is 2. The third-order valence-corrected chi connectivity index (χ3v) is 12.6. The van der Waals surface area contributed by atoms with Crippen LogP contribution in [0.3, 0.4) is 0 Å². The predicted octanol–water partition coefficient (Wildman–Crippen LogP) is 8.89. The summed E-state index contributed by atoms with van der Waals surface area (Å²) in [5, 5.41) is 20.7. The van der Waals surface area contributed by atoms with E-state index >= 15 is 0 Å². The lowest BCUT2D eigenvalue weighted by Crippen LogP contribution is -2.30. The number of benzene rings is 2. The minimum Gasteiger partial charge on any atom is -0.505 e. The van der Waals surface area contributed by atoms with Crippen molar-refractivity contribution in [2.75, 3.05) is 0 Å². The Kier molecular flexibility index (Phi) is 7.94. The smallest absolute Gasteiger partial charge is 0.337 e. The number of phenolic OH excluding ortho intramolecular Hbond substituents is 1. The van der Waals surface area contributed by atoms with Crippen molar-refractivity contribution in [1.29, 1.82) is 0 Å². The number of hydrogen-bond acceptors (Lipinski definition) is 4. The molecule has 0 bridgehead atoms. The molecule has 4 rings (SSSR count). The first-order chi connectivity index (χ1) is 15.4. The van der Waals surface area contributed by atoms with Gasteiger partial charge in [0.25, 0.3) is 0 Å². The van der Waals surface area contributed by atoms with Gasteiger partial charge in [-0.15, -0.1) is 0 Å². The molecule has 2 aromatic carbocycles. The number of Topliss-reactive ketones (excluding diaryl/α,β-unsaturated/α-hetero) is 1. The minimum absolute atomic E-state index is 0.00443. The number of ketones is 1. The van der Waals surface area contributed by atoms with Gasteiger partial charge in [-0.25, -0.2) is 4.79 Å². The van der Waals surface area contributed by atoms with E-state index in [9.17, 15) is 19.8 Å². The molecule has 2 atom stereocenters. The van der Waals surface area contributed by atoms with Crippen LogP contribution < -0.4 is 4.74 Å². The van der Waals surface area contributed by atoms with Crippen LogP contribution in [-0.4, -0.2) is 22.0 Å². The lowest BCUT2D eigenvalue weighted by Gasteiger charge is -2.38. The summed E-state index contributed by atoms with van der Waals surface area (Å²) < 4.78 is 8.67. The number of carbonyl (C=O) groups excluding carboxylic acids is 1. The van der Waals surface area contributed by atoms with Crippen molar-refractivity contribution in [3.05, 3.63) is 69.7 Å². The van der Waals surface area contributed by atoms with Gasteiger partial charge in [-0.1, -0.05) is 29.3 Å². The van der Waals surface area contributed by atoms with E-state index in [-0.39, 0.29) is 24.9 Å². The van der Waals surface area contributed by atoms with E-state index in [1.165, 1.54) is 0 Å².